The molecule has 0 aliphatic rings. The molecule has 0 atom stereocenters. The normalized spacial score (nSPS) is 11.0. The second-order valence-corrected chi connectivity index (χ2v) is 6.43. The summed E-state index contributed by atoms with van der Waals surface area (Å²) in [6.07, 6.45) is 0. The Hall–Kier alpha value is -2.14. The minimum atomic E-state index is -0.283. The van der Waals surface area contributed by atoms with Gasteiger partial charge in [0.15, 0.2) is 11.7 Å². The number of benzene rings is 2. The predicted octanol–water partition coefficient (Wildman–Crippen LogP) is 3.01. The van der Waals surface area contributed by atoms with Crippen molar-refractivity contribution in [3.8, 4) is 5.75 Å². The molecule has 2 aromatic carbocycles. The van der Waals surface area contributed by atoms with Gasteiger partial charge in [0.2, 0.25) is 0 Å². The fourth-order valence-electron chi connectivity index (χ4n) is 2.00. The maximum absolute atomic E-state index is 11.9. The van der Waals surface area contributed by atoms with Gasteiger partial charge in [0.05, 0.1) is 0 Å². The molecule has 0 aliphatic heterocycles. The molecule has 0 fully saturated rings. The standard InChI is InChI=1S/C17H20N2O2S/c1-17(2,3)19-16(22)18-15(20)11-21-14-10-6-8-12-7-4-5-9-13(12)14/h4-10H,11H2,1-3H3,(H2,18,19,20,22). The minimum Gasteiger partial charge on any atom is -0.483 e. The van der Waals surface area contributed by atoms with E-state index in [1.54, 1.807) is 0 Å². The lowest BCUT2D eigenvalue weighted by Crippen LogP contribution is -2.49. The number of hydrogen-bond acceptors (Lipinski definition) is 3. The summed E-state index contributed by atoms with van der Waals surface area (Å²) in [6, 6.07) is 13.6. The van der Waals surface area contributed by atoms with Crippen molar-refractivity contribution >= 4 is 34.0 Å². The third-order valence-corrected chi connectivity index (χ3v) is 3.05. The molecule has 0 aromatic heterocycles. The van der Waals surface area contributed by atoms with Crippen LogP contribution in [0.25, 0.3) is 10.8 Å². The van der Waals surface area contributed by atoms with Crippen LogP contribution in [0.2, 0.25) is 0 Å². The molecular weight excluding hydrogens is 296 g/mol. The molecule has 0 aliphatic carbocycles. The monoisotopic (exact) mass is 316 g/mol. The van der Waals surface area contributed by atoms with Gasteiger partial charge in [-0.25, -0.2) is 0 Å². The average Bonchev–Trinajstić information content (AvgIpc) is 2.43. The molecule has 2 rings (SSSR count). The molecule has 0 saturated carbocycles. The van der Waals surface area contributed by atoms with E-state index in [0.29, 0.717) is 10.9 Å². The summed E-state index contributed by atoms with van der Waals surface area (Å²) in [4.78, 5) is 11.9. The Balaban J connectivity index is 1.95. The van der Waals surface area contributed by atoms with Gasteiger partial charge in [-0.1, -0.05) is 36.4 Å². The van der Waals surface area contributed by atoms with Gasteiger partial charge in [-0.15, -0.1) is 0 Å². The molecular formula is C17H20N2O2S. The second-order valence-electron chi connectivity index (χ2n) is 6.02. The molecule has 5 heteroatoms. The topological polar surface area (TPSA) is 50.4 Å². The van der Waals surface area contributed by atoms with E-state index in [9.17, 15) is 4.79 Å². The van der Waals surface area contributed by atoms with Crippen LogP contribution in [0.3, 0.4) is 0 Å². The molecule has 0 bridgehead atoms. The van der Waals surface area contributed by atoms with Gasteiger partial charge in [-0.3, -0.25) is 4.79 Å². The number of hydrogen-bond donors (Lipinski definition) is 2. The number of carbonyl (C=O) groups is 1. The third kappa shape index (κ3) is 4.70. The van der Waals surface area contributed by atoms with E-state index < -0.39 is 0 Å². The fourth-order valence-corrected chi connectivity index (χ4v) is 2.42. The Morgan fingerprint density at radius 1 is 1.14 bits per heavy atom. The highest BCUT2D eigenvalue weighted by Gasteiger charge is 2.13. The molecule has 116 valence electrons. The van der Waals surface area contributed by atoms with Gasteiger partial charge in [0.25, 0.3) is 5.91 Å². The summed E-state index contributed by atoms with van der Waals surface area (Å²) >= 11 is 5.09. The van der Waals surface area contributed by atoms with Crippen molar-refractivity contribution in [2.24, 2.45) is 0 Å². The second kappa shape index (κ2) is 6.75. The molecule has 22 heavy (non-hydrogen) atoms. The highest BCUT2D eigenvalue weighted by Crippen LogP contribution is 2.24. The van der Waals surface area contributed by atoms with Crippen LogP contribution in [0.15, 0.2) is 42.5 Å². The van der Waals surface area contributed by atoms with Crippen LogP contribution in [0.5, 0.6) is 5.75 Å². The summed E-state index contributed by atoms with van der Waals surface area (Å²) in [5.41, 5.74) is -0.194. The van der Waals surface area contributed by atoms with Gasteiger partial charge < -0.3 is 15.4 Å². The SMILES string of the molecule is CC(C)(C)NC(=S)NC(=O)COc1cccc2ccccc12. The first-order valence-electron chi connectivity index (χ1n) is 7.08. The van der Waals surface area contributed by atoms with Crippen molar-refractivity contribution in [1.82, 2.24) is 10.6 Å². The van der Waals surface area contributed by atoms with E-state index in [1.807, 2.05) is 63.2 Å². The molecule has 0 radical (unpaired) electrons. The van der Waals surface area contributed by atoms with Crippen LogP contribution >= 0.6 is 12.2 Å². The lowest BCUT2D eigenvalue weighted by atomic mass is 10.1. The molecule has 0 heterocycles. The van der Waals surface area contributed by atoms with Crippen LogP contribution in [-0.2, 0) is 4.79 Å². The first kappa shape index (κ1) is 16.2. The van der Waals surface area contributed by atoms with Gasteiger partial charge in [0.1, 0.15) is 5.75 Å². The van der Waals surface area contributed by atoms with Crippen molar-refractivity contribution in [2.45, 2.75) is 26.3 Å². The number of fused-ring (bicyclic) bond motifs is 1. The lowest BCUT2D eigenvalue weighted by Gasteiger charge is -2.22. The number of nitrogens with one attached hydrogen (secondary N) is 2. The quantitative estimate of drug-likeness (QED) is 0.855. The van der Waals surface area contributed by atoms with Gasteiger partial charge in [-0.2, -0.15) is 0 Å². The fraction of sp³-hybridized carbons (Fsp3) is 0.294. The molecule has 2 N–H and O–H groups in total. The van der Waals surface area contributed by atoms with Crippen LogP contribution in [0, 0.1) is 0 Å². The summed E-state index contributed by atoms with van der Waals surface area (Å²) in [7, 11) is 0. The zero-order chi connectivity index (χ0) is 16.2. The van der Waals surface area contributed by atoms with Crippen molar-refractivity contribution in [1.29, 1.82) is 0 Å². The molecule has 0 saturated heterocycles. The Morgan fingerprint density at radius 2 is 1.82 bits per heavy atom. The maximum Gasteiger partial charge on any atom is 0.264 e. The predicted molar refractivity (Wildman–Crippen MR) is 93.1 cm³/mol. The van der Waals surface area contributed by atoms with Gasteiger partial charge in [0, 0.05) is 10.9 Å². The van der Waals surface area contributed by atoms with E-state index in [4.69, 9.17) is 17.0 Å². The zero-order valence-electron chi connectivity index (χ0n) is 13.0. The highest BCUT2D eigenvalue weighted by atomic mass is 32.1. The molecule has 0 unspecified atom stereocenters. The number of carbonyl (C=O) groups excluding carboxylic acids is 1. The van der Waals surface area contributed by atoms with Crippen molar-refractivity contribution < 1.29 is 9.53 Å². The van der Waals surface area contributed by atoms with E-state index in [0.717, 1.165) is 10.8 Å². The summed E-state index contributed by atoms with van der Waals surface area (Å²) < 4.78 is 5.61. The van der Waals surface area contributed by atoms with Crippen molar-refractivity contribution in [3.63, 3.8) is 0 Å². The number of rotatable bonds is 3. The number of thiocarbonyl (C=S) groups is 1. The van der Waals surface area contributed by atoms with E-state index >= 15 is 0 Å². The molecule has 0 spiro atoms. The first-order valence-corrected chi connectivity index (χ1v) is 7.48. The molecule has 4 nitrogen and oxygen atoms in total. The first-order chi connectivity index (χ1) is 10.3. The lowest BCUT2D eigenvalue weighted by molar-refractivity contribution is -0.121. The Morgan fingerprint density at radius 3 is 2.55 bits per heavy atom. The molecule has 1 amide bonds. The Labute approximate surface area is 135 Å². The van der Waals surface area contributed by atoms with Crippen molar-refractivity contribution in [3.05, 3.63) is 42.5 Å². The van der Waals surface area contributed by atoms with Gasteiger partial charge >= 0.3 is 0 Å². The molecule has 2 aromatic rings. The summed E-state index contributed by atoms with van der Waals surface area (Å²) in [5, 5.41) is 7.99. The van der Waals surface area contributed by atoms with Crippen LogP contribution in [-0.4, -0.2) is 23.2 Å². The zero-order valence-corrected chi connectivity index (χ0v) is 13.8. The summed E-state index contributed by atoms with van der Waals surface area (Å²) in [5.74, 6) is 0.401. The third-order valence-electron chi connectivity index (χ3n) is 2.85. The number of ether oxygens (including phenoxy) is 1. The van der Waals surface area contributed by atoms with E-state index in [-0.39, 0.29) is 18.1 Å². The van der Waals surface area contributed by atoms with E-state index in [1.165, 1.54) is 0 Å². The summed E-state index contributed by atoms with van der Waals surface area (Å²) in [6.45, 7) is 5.83. The van der Waals surface area contributed by atoms with Crippen LogP contribution in [0.4, 0.5) is 0 Å². The Kier molecular flexibility index (Phi) is 4.98. The Bertz CT molecular complexity index is 687. The highest BCUT2D eigenvalue weighted by molar-refractivity contribution is 7.80. The average molecular weight is 316 g/mol. The van der Waals surface area contributed by atoms with Crippen molar-refractivity contribution in [2.75, 3.05) is 6.61 Å². The maximum atomic E-state index is 11.9. The van der Waals surface area contributed by atoms with Gasteiger partial charge in [-0.05, 0) is 44.4 Å². The smallest absolute Gasteiger partial charge is 0.264 e. The van der Waals surface area contributed by atoms with Crippen LogP contribution in [0.1, 0.15) is 20.8 Å². The largest absolute Gasteiger partial charge is 0.483 e. The van der Waals surface area contributed by atoms with Crippen LogP contribution < -0.4 is 15.4 Å². The minimum absolute atomic E-state index is 0.0834. The number of amides is 1. The van der Waals surface area contributed by atoms with E-state index in [2.05, 4.69) is 10.6 Å².